The van der Waals surface area contributed by atoms with Crippen LogP contribution < -0.4 is 5.73 Å². The van der Waals surface area contributed by atoms with Gasteiger partial charge in [-0.3, -0.25) is 9.67 Å². The molecule has 16 heavy (non-hydrogen) atoms. The summed E-state index contributed by atoms with van der Waals surface area (Å²) in [4.78, 5) is 4.28. The van der Waals surface area contributed by atoms with E-state index in [0.717, 1.165) is 32.4 Å². The van der Waals surface area contributed by atoms with Crippen LogP contribution >= 0.6 is 38.5 Å². The zero-order chi connectivity index (χ0) is 12.1. The van der Waals surface area contributed by atoms with Gasteiger partial charge in [0.15, 0.2) is 0 Å². The summed E-state index contributed by atoms with van der Waals surface area (Å²) in [7, 11) is 1.92. The van der Waals surface area contributed by atoms with Crippen LogP contribution in [0, 0.1) is 3.70 Å². The number of rotatable bonds is 4. The smallest absolute Gasteiger partial charge is 0.105 e. The first-order chi connectivity index (χ1) is 7.60. The molecule has 0 amide bonds. The number of aliphatic imine (C=N–C) groups is 1. The largest absolute Gasteiger partial charge is 0.404 e. The summed E-state index contributed by atoms with van der Waals surface area (Å²) in [6.45, 7) is 2.73. The van der Waals surface area contributed by atoms with Gasteiger partial charge in [-0.1, -0.05) is 0 Å². The Labute approximate surface area is 117 Å². The number of aryl methyl sites for hydroxylation is 1. The van der Waals surface area contributed by atoms with Gasteiger partial charge in [0.2, 0.25) is 0 Å². The predicted octanol–water partition coefficient (Wildman–Crippen LogP) is 2.22. The minimum Gasteiger partial charge on any atom is -0.404 e. The summed E-state index contributed by atoms with van der Waals surface area (Å²) in [5.41, 5.74) is 7.74. The van der Waals surface area contributed by atoms with Crippen molar-refractivity contribution in [3.8, 4) is 0 Å². The highest BCUT2D eigenvalue weighted by molar-refractivity contribution is 14.1. The Morgan fingerprint density at radius 1 is 1.75 bits per heavy atom. The van der Waals surface area contributed by atoms with Gasteiger partial charge in [-0.05, 0) is 45.4 Å². The van der Waals surface area contributed by atoms with E-state index in [9.17, 15) is 0 Å². The van der Waals surface area contributed by atoms with Crippen molar-refractivity contribution in [1.82, 2.24) is 9.78 Å². The highest BCUT2D eigenvalue weighted by atomic mass is 127. The molecule has 0 saturated heterocycles. The SMILES string of the molecule is CCN=C(Br)C(=CN)Cc1cnn(C)c1I. The van der Waals surface area contributed by atoms with Crippen molar-refractivity contribution in [2.75, 3.05) is 6.54 Å². The zero-order valence-corrected chi connectivity index (χ0v) is 13.0. The number of nitrogens with two attached hydrogens (primary N) is 1. The van der Waals surface area contributed by atoms with Crippen molar-refractivity contribution in [2.45, 2.75) is 13.3 Å². The van der Waals surface area contributed by atoms with Crippen molar-refractivity contribution in [3.05, 3.63) is 27.2 Å². The van der Waals surface area contributed by atoms with E-state index in [2.05, 4.69) is 48.6 Å². The molecule has 88 valence electrons. The highest BCUT2D eigenvalue weighted by Gasteiger charge is 2.10. The Kier molecular flexibility index (Phi) is 5.47. The van der Waals surface area contributed by atoms with Gasteiger partial charge in [-0.2, -0.15) is 5.10 Å². The molecule has 6 heteroatoms. The molecule has 0 fully saturated rings. The van der Waals surface area contributed by atoms with E-state index in [1.807, 2.05) is 24.9 Å². The Hall–Kier alpha value is -0.370. The van der Waals surface area contributed by atoms with Crippen molar-refractivity contribution in [2.24, 2.45) is 17.8 Å². The summed E-state index contributed by atoms with van der Waals surface area (Å²) in [5, 5.41) is 4.19. The molecule has 2 N–H and O–H groups in total. The maximum Gasteiger partial charge on any atom is 0.105 e. The number of nitrogens with zero attached hydrogens (tertiary/aromatic N) is 3. The third-order valence-corrected chi connectivity index (χ3v) is 4.23. The monoisotopic (exact) mass is 396 g/mol. The Morgan fingerprint density at radius 2 is 2.44 bits per heavy atom. The molecule has 1 aromatic rings. The van der Waals surface area contributed by atoms with Crippen molar-refractivity contribution in [1.29, 1.82) is 0 Å². The lowest BCUT2D eigenvalue weighted by atomic mass is 10.1. The standard InChI is InChI=1S/C10H14BrIN4/c1-3-14-9(11)7(5-13)4-8-6-15-16(2)10(8)12/h5-6H,3-4,13H2,1-2H3. The topological polar surface area (TPSA) is 56.2 Å². The fraction of sp³-hybridized carbons (Fsp3) is 0.400. The third kappa shape index (κ3) is 3.31. The number of aromatic nitrogens is 2. The highest BCUT2D eigenvalue weighted by Crippen LogP contribution is 2.17. The lowest BCUT2D eigenvalue weighted by molar-refractivity contribution is 0.746. The molecular weight excluding hydrogens is 383 g/mol. The van der Waals surface area contributed by atoms with Crippen molar-refractivity contribution >= 4 is 43.1 Å². The van der Waals surface area contributed by atoms with Gasteiger partial charge in [-0.25, -0.2) is 0 Å². The normalized spacial score (nSPS) is 13.2. The van der Waals surface area contributed by atoms with Crippen molar-refractivity contribution in [3.63, 3.8) is 0 Å². The molecule has 0 spiro atoms. The molecule has 0 aromatic carbocycles. The molecule has 1 aromatic heterocycles. The first kappa shape index (κ1) is 13.7. The molecule has 0 unspecified atom stereocenters. The number of halogens is 2. The molecule has 0 aliphatic rings. The van der Waals surface area contributed by atoms with Crippen LogP contribution in [-0.2, 0) is 13.5 Å². The van der Waals surface area contributed by atoms with Crippen LogP contribution in [0.15, 0.2) is 23.0 Å². The molecular formula is C10H14BrIN4. The summed E-state index contributed by atoms with van der Waals surface area (Å²) >= 11 is 5.70. The van der Waals surface area contributed by atoms with Crippen LogP contribution in [-0.4, -0.2) is 20.9 Å². The van der Waals surface area contributed by atoms with Crippen LogP contribution in [0.5, 0.6) is 0 Å². The van der Waals surface area contributed by atoms with Crippen LogP contribution in [0.3, 0.4) is 0 Å². The van der Waals surface area contributed by atoms with E-state index in [1.54, 1.807) is 6.20 Å². The Bertz CT molecular complexity index is 422. The minimum absolute atomic E-state index is 0.738. The zero-order valence-electron chi connectivity index (χ0n) is 9.24. The van der Waals surface area contributed by atoms with Crippen molar-refractivity contribution < 1.29 is 0 Å². The Morgan fingerprint density at radius 3 is 2.88 bits per heavy atom. The second kappa shape index (κ2) is 6.39. The quantitative estimate of drug-likeness (QED) is 0.626. The van der Waals surface area contributed by atoms with Crippen LogP contribution in [0.1, 0.15) is 12.5 Å². The molecule has 0 aliphatic heterocycles. The van der Waals surface area contributed by atoms with E-state index >= 15 is 0 Å². The fourth-order valence-electron chi connectivity index (χ4n) is 1.23. The third-order valence-electron chi connectivity index (χ3n) is 2.08. The second-order valence-corrected chi connectivity index (χ2v) is 4.99. The van der Waals surface area contributed by atoms with Gasteiger partial charge in [0.05, 0.1) is 6.20 Å². The lowest BCUT2D eigenvalue weighted by Crippen LogP contribution is -2.03. The van der Waals surface area contributed by atoms with Gasteiger partial charge in [0.1, 0.15) is 8.32 Å². The molecule has 0 saturated carbocycles. The molecule has 0 atom stereocenters. The fourth-order valence-corrected chi connectivity index (χ4v) is 2.21. The molecule has 1 rings (SSSR count). The first-order valence-corrected chi connectivity index (χ1v) is 6.74. The molecule has 4 nitrogen and oxygen atoms in total. The number of hydrogen-bond donors (Lipinski definition) is 1. The van der Waals surface area contributed by atoms with E-state index in [1.165, 1.54) is 0 Å². The van der Waals surface area contributed by atoms with Gasteiger partial charge >= 0.3 is 0 Å². The van der Waals surface area contributed by atoms with Gasteiger partial charge in [0.25, 0.3) is 0 Å². The van der Waals surface area contributed by atoms with E-state index in [0.29, 0.717) is 0 Å². The Balaban J connectivity index is 2.87. The molecule has 0 aliphatic carbocycles. The number of hydrogen-bond acceptors (Lipinski definition) is 3. The van der Waals surface area contributed by atoms with E-state index in [4.69, 9.17) is 5.73 Å². The lowest BCUT2D eigenvalue weighted by Gasteiger charge is -2.04. The molecule has 0 bridgehead atoms. The van der Waals surface area contributed by atoms with Gasteiger partial charge in [-0.15, -0.1) is 0 Å². The van der Waals surface area contributed by atoms with Crippen LogP contribution in [0.25, 0.3) is 0 Å². The summed E-state index contributed by atoms with van der Waals surface area (Å²) in [5.74, 6) is 0. The van der Waals surface area contributed by atoms with Gasteiger partial charge in [0, 0.05) is 37.3 Å². The summed E-state index contributed by atoms with van der Waals surface area (Å²) in [6, 6.07) is 0. The minimum atomic E-state index is 0.738. The van der Waals surface area contributed by atoms with Crippen LogP contribution in [0.2, 0.25) is 0 Å². The predicted molar refractivity (Wildman–Crippen MR) is 78.8 cm³/mol. The van der Waals surface area contributed by atoms with Crippen LogP contribution in [0.4, 0.5) is 0 Å². The average molecular weight is 397 g/mol. The number of allylic oxidation sites excluding steroid dienone is 1. The molecule has 1 heterocycles. The maximum absolute atomic E-state index is 5.61. The van der Waals surface area contributed by atoms with Gasteiger partial charge < -0.3 is 5.73 Å². The summed E-state index contributed by atoms with van der Waals surface area (Å²) in [6.07, 6.45) is 4.19. The summed E-state index contributed by atoms with van der Waals surface area (Å²) < 4.78 is 3.78. The second-order valence-electron chi connectivity index (χ2n) is 3.22. The average Bonchev–Trinajstić information content (AvgIpc) is 2.57. The maximum atomic E-state index is 5.61. The van der Waals surface area contributed by atoms with E-state index < -0.39 is 0 Å². The molecule has 0 radical (unpaired) electrons. The first-order valence-electron chi connectivity index (χ1n) is 4.87. The van der Waals surface area contributed by atoms with E-state index in [-0.39, 0.29) is 0 Å².